The van der Waals surface area contributed by atoms with Crippen molar-refractivity contribution in [3.63, 3.8) is 0 Å². The molecule has 0 aliphatic carbocycles. The zero-order valence-corrected chi connectivity index (χ0v) is 15.9. The Kier molecular flexibility index (Phi) is 7.73. The predicted octanol–water partition coefficient (Wildman–Crippen LogP) is 2.74. The Morgan fingerprint density at radius 1 is 1.26 bits per heavy atom. The maximum atomic E-state index is 12.2. The van der Waals surface area contributed by atoms with E-state index < -0.39 is 14.6 Å². The van der Waals surface area contributed by atoms with Gasteiger partial charge in [0, 0.05) is 11.7 Å². The maximum absolute atomic E-state index is 12.2. The smallest absolute Gasteiger partial charge is 0.228 e. The van der Waals surface area contributed by atoms with Crippen molar-refractivity contribution in [1.29, 1.82) is 0 Å². The molecular formula is C16H27ClN2O3S. The van der Waals surface area contributed by atoms with Gasteiger partial charge in [0.2, 0.25) is 5.91 Å². The summed E-state index contributed by atoms with van der Waals surface area (Å²) in [4.78, 5) is 12.0. The van der Waals surface area contributed by atoms with E-state index in [-0.39, 0.29) is 36.0 Å². The highest BCUT2D eigenvalue weighted by molar-refractivity contribution is 7.91. The molecule has 0 aromatic heterocycles. The number of carbonyl (C=O) groups excluding carboxylic acids is 1. The third kappa shape index (κ3) is 6.12. The number of amides is 1. The van der Waals surface area contributed by atoms with E-state index in [0.717, 1.165) is 0 Å². The van der Waals surface area contributed by atoms with Gasteiger partial charge in [0.25, 0.3) is 0 Å². The van der Waals surface area contributed by atoms with Crippen LogP contribution in [0.15, 0.2) is 24.3 Å². The summed E-state index contributed by atoms with van der Waals surface area (Å²) in [5.41, 5.74) is 6.95. The van der Waals surface area contributed by atoms with Crippen LogP contribution < -0.4 is 11.1 Å². The highest BCUT2D eigenvalue weighted by atomic mass is 35.5. The standard InChI is InChI=1S/C16H26N2O3S.ClH/c1-11(12(2)17)15(19)18-14-8-6-7-13(9-14)10-22(20,21)16(3,4)5;/h6-9,11-12H,10,17H2,1-5H3,(H,18,19);1H. The number of sulfone groups is 1. The number of hydrogen-bond acceptors (Lipinski definition) is 4. The van der Waals surface area contributed by atoms with Crippen LogP contribution in [0, 0.1) is 5.92 Å². The molecule has 0 saturated carbocycles. The first-order valence-corrected chi connectivity index (χ1v) is 8.97. The molecule has 23 heavy (non-hydrogen) atoms. The van der Waals surface area contributed by atoms with Gasteiger partial charge < -0.3 is 11.1 Å². The minimum absolute atomic E-state index is 0. The molecular weight excluding hydrogens is 336 g/mol. The van der Waals surface area contributed by atoms with Crippen molar-refractivity contribution in [1.82, 2.24) is 0 Å². The van der Waals surface area contributed by atoms with Gasteiger partial charge in [-0.2, -0.15) is 0 Å². The Hall–Kier alpha value is -1.11. The lowest BCUT2D eigenvalue weighted by molar-refractivity contribution is -0.119. The molecule has 0 bridgehead atoms. The molecule has 132 valence electrons. The van der Waals surface area contributed by atoms with Gasteiger partial charge in [-0.3, -0.25) is 4.79 Å². The normalized spacial score (nSPS) is 14.5. The molecule has 2 unspecified atom stereocenters. The van der Waals surface area contributed by atoms with E-state index in [1.165, 1.54) is 0 Å². The van der Waals surface area contributed by atoms with Crippen LogP contribution in [-0.2, 0) is 20.4 Å². The van der Waals surface area contributed by atoms with Crippen LogP contribution in [0.3, 0.4) is 0 Å². The van der Waals surface area contributed by atoms with E-state index in [4.69, 9.17) is 5.73 Å². The maximum Gasteiger partial charge on any atom is 0.228 e. The largest absolute Gasteiger partial charge is 0.327 e. The summed E-state index contributed by atoms with van der Waals surface area (Å²) >= 11 is 0. The molecule has 7 heteroatoms. The third-order valence-corrected chi connectivity index (χ3v) is 6.27. The second-order valence-electron chi connectivity index (χ2n) is 6.71. The van der Waals surface area contributed by atoms with Crippen molar-refractivity contribution < 1.29 is 13.2 Å². The lowest BCUT2D eigenvalue weighted by Crippen LogP contribution is -2.34. The van der Waals surface area contributed by atoms with E-state index in [0.29, 0.717) is 11.3 Å². The average molecular weight is 363 g/mol. The number of rotatable bonds is 5. The summed E-state index contributed by atoms with van der Waals surface area (Å²) in [6.45, 7) is 8.57. The van der Waals surface area contributed by atoms with Crippen LogP contribution in [0.1, 0.15) is 40.2 Å². The van der Waals surface area contributed by atoms with E-state index in [9.17, 15) is 13.2 Å². The molecule has 0 heterocycles. The first-order valence-electron chi connectivity index (χ1n) is 7.32. The SMILES string of the molecule is CC(N)C(C)C(=O)Nc1cccc(CS(=O)(=O)C(C)(C)C)c1.Cl. The van der Waals surface area contributed by atoms with Crippen molar-refractivity contribution in [2.24, 2.45) is 11.7 Å². The van der Waals surface area contributed by atoms with Gasteiger partial charge in [0.1, 0.15) is 0 Å². The molecule has 1 aromatic rings. The highest BCUT2D eigenvalue weighted by Gasteiger charge is 2.29. The van der Waals surface area contributed by atoms with Crippen molar-refractivity contribution >= 4 is 33.8 Å². The van der Waals surface area contributed by atoms with Crippen LogP contribution in [0.4, 0.5) is 5.69 Å². The van der Waals surface area contributed by atoms with E-state index in [2.05, 4.69) is 5.32 Å². The fraction of sp³-hybridized carbons (Fsp3) is 0.562. The predicted molar refractivity (Wildman–Crippen MR) is 97.5 cm³/mol. The molecule has 0 spiro atoms. The van der Waals surface area contributed by atoms with Gasteiger partial charge >= 0.3 is 0 Å². The van der Waals surface area contributed by atoms with Crippen LogP contribution in [0.25, 0.3) is 0 Å². The van der Waals surface area contributed by atoms with Crippen molar-refractivity contribution in [2.75, 3.05) is 5.32 Å². The molecule has 1 amide bonds. The van der Waals surface area contributed by atoms with Gasteiger partial charge in [-0.05, 0) is 45.4 Å². The van der Waals surface area contributed by atoms with E-state index in [1.807, 2.05) is 0 Å². The third-order valence-electron chi connectivity index (χ3n) is 3.69. The second-order valence-corrected chi connectivity index (χ2v) is 9.45. The van der Waals surface area contributed by atoms with E-state index in [1.54, 1.807) is 58.9 Å². The topological polar surface area (TPSA) is 89.3 Å². The van der Waals surface area contributed by atoms with Gasteiger partial charge in [0.15, 0.2) is 9.84 Å². The summed E-state index contributed by atoms with van der Waals surface area (Å²) in [7, 11) is -3.26. The minimum Gasteiger partial charge on any atom is -0.327 e. The molecule has 0 saturated heterocycles. The fourth-order valence-corrected chi connectivity index (χ4v) is 2.72. The minimum atomic E-state index is -3.26. The summed E-state index contributed by atoms with van der Waals surface area (Å²) < 4.78 is 23.7. The van der Waals surface area contributed by atoms with Crippen molar-refractivity contribution in [2.45, 2.75) is 51.2 Å². The number of benzene rings is 1. The molecule has 0 aliphatic rings. The van der Waals surface area contributed by atoms with Gasteiger partial charge in [-0.25, -0.2) is 8.42 Å². The van der Waals surface area contributed by atoms with Gasteiger partial charge in [-0.1, -0.05) is 19.1 Å². The Labute approximate surface area is 145 Å². The zero-order chi connectivity index (χ0) is 17.1. The number of halogens is 1. The molecule has 0 aliphatic heterocycles. The molecule has 1 aromatic carbocycles. The lowest BCUT2D eigenvalue weighted by Gasteiger charge is -2.19. The average Bonchev–Trinajstić information content (AvgIpc) is 2.36. The summed E-state index contributed by atoms with van der Waals surface area (Å²) in [6, 6.07) is 6.66. The molecule has 3 N–H and O–H groups in total. The monoisotopic (exact) mass is 362 g/mol. The van der Waals surface area contributed by atoms with Crippen LogP contribution in [0.2, 0.25) is 0 Å². The molecule has 0 radical (unpaired) electrons. The van der Waals surface area contributed by atoms with Gasteiger partial charge in [-0.15, -0.1) is 12.4 Å². The van der Waals surface area contributed by atoms with Crippen molar-refractivity contribution in [3.05, 3.63) is 29.8 Å². The summed E-state index contributed by atoms with van der Waals surface area (Å²) in [5.74, 6) is -0.545. The van der Waals surface area contributed by atoms with Gasteiger partial charge in [0.05, 0.1) is 16.4 Å². The highest BCUT2D eigenvalue weighted by Crippen LogP contribution is 2.22. The number of nitrogens with one attached hydrogen (secondary N) is 1. The first kappa shape index (κ1) is 21.9. The molecule has 5 nitrogen and oxygen atoms in total. The first-order chi connectivity index (χ1) is 9.94. The number of carbonyl (C=O) groups is 1. The Balaban J connectivity index is 0.00000484. The Morgan fingerprint density at radius 3 is 2.30 bits per heavy atom. The number of nitrogens with two attached hydrogens (primary N) is 1. The number of hydrogen-bond donors (Lipinski definition) is 2. The van der Waals surface area contributed by atoms with Crippen LogP contribution in [-0.4, -0.2) is 25.1 Å². The number of anilines is 1. The van der Waals surface area contributed by atoms with Crippen LogP contribution in [0.5, 0.6) is 0 Å². The Morgan fingerprint density at radius 2 is 1.83 bits per heavy atom. The quantitative estimate of drug-likeness (QED) is 0.842. The second kappa shape index (κ2) is 8.13. The molecule has 2 atom stereocenters. The summed E-state index contributed by atoms with van der Waals surface area (Å²) in [6.07, 6.45) is 0. The lowest BCUT2D eigenvalue weighted by atomic mass is 10.0. The zero-order valence-electron chi connectivity index (χ0n) is 14.3. The molecule has 1 rings (SSSR count). The fourth-order valence-electron chi connectivity index (χ4n) is 1.67. The Bertz CT molecular complexity index is 637. The molecule has 0 fully saturated rings. The van der Waals surface area contributed by atoms with Crippen molar-refractivity contribution in [3.8, 4) is 0 Å². The van der Waals surface area contributed by atoms with Crippen LogP contribution >= 0.6 is 12.4 Å². The summed E-state index contributed by atoms with van der Waals surface area (Å²) in [5, 5.41) is 2.77. The van der Waals surface area contributed by atoms with E-state index >= 15 is 0 Å².